The number of hydrogen-bond acceptors (Lipinski definition) is 1. The van der Waals surface area contributed by atoms with Gasteiger partial charge in [-0.2, -0.15) is 0 Å². The van der Waals surface area contributed by atoms with Gasteiger partial charge in [-0.3, -0.25) is 4.79 Å². The quantitative estimate of drug-likeness (QED) is 0.610. The van der Waals surface area contributed by atoms with E-state index in [0.717, 1.165) is 18.8 Å². The zero-order valence-corrected chi connectivity index (χ0v) is 10.8. The molecule has 88 valence electrons. The highest BCUT2D eigenvalue weighted by atomic mass is 16.2. The van der Waals surface area contributed by atoms with Gasteiger partial charge in [0.2, 0.25) is 5.91 Å². The highest BCUT2D eigenvalue weighted by Crippen LogP contribution is 2.27. The highest BCUT2D eigenvalue weighted by Gasteiger charge is 2.30. The Hall–Kier alpha value is -0.790. The smallest absolute Gasteiger partial charge is 0.246 e. The topological polar surface area (TPSA) is 20.3 Å². The number of nitrogens with zero attached hydrogens (tertiary/aromatic N) is 1. The Morgan fingerprint density at radius 2 is 1.60 bits per heavy atom. The SMILES string of the molecule is C=CC(=O)N1C(C)CC(C)CC1C.CC. The Morgan fingerprint density at radius 3 is 1.93 bits per heavy atom. The molecule has 0 aliphatic carbocycles. The van der Waals surface area contributed by atoms with Gasteiger partial charge in [0, 0.05) is 12.1 Å². The third kappa shape index (κ3) is 3.69. The molecular formula is C13H25NO. The Morgan fingerprint density at radius 1 is 1.20 bits per heavy atom. The molecule has 0 N–H and O–H groups in total. The van der Waals surface area contributed by atoms with Crippen molar-refractivity contribution in [1.82, 2.24) is 4.90 Å². The van der Waals surface area contributed by atoms with Crippen LogP contribution in [0.15, 0.2) is 12.7 Å². The van der Waals surface area contributed by atoms with Crippen LogP contribution in [0.2, 0.25) is 0 Å². The number of rotatable bonds is 1. The lowest BCUT2D eigenvalue weighted by Crippen LogP contribution is -2.48. The average Bonchev–Trinajstić information content (AvgIpc) is 2.19. The molecule has 0 bridgehead atoms. The molecule has 1 rings (SSSR count). The molecule has 1 heterocycles. The Labute approximate surface area is 94.4 Å². The number of carbonyl (C=O) groups is 1. The largest absolute Gasteiger partial charge is 0.334 e. The molecule has 2 atom stereocenters. The second-order valence-corrected chi connectivity index (χ2v) is 4.22. The first-order chi connectivity index (χ1) is 7.06. The van der Waals surface area contributed by atoms with Gasteiger partial charge in [0.05, 0.1) is 0 Å². The summed E-state index contributed by atoms with van der Waals surface area (Å²) in [6.45, 7) is 14.0. The van der Waals surface area contributed by atoms with Crippen LogP contribution in [-0.4, -0.2) is 22.9 Å². The maximum atomic E-state index is 11.5. The van der Waals surface area contributed by atoms with Crippen molar-refractivity contribution in [3.05, 3.63) is 12.7 Å². The molecule has 1 aliphatic rings. The molecular weight excluding hydrogens is 186 g/mol. The summed E-state index contributed by atoms with van der Waals surface area (Å²) in [4.78, 5) is 13.5. The number of hydrogen-bond donors (Lipinski definition) is 0. The minimum atomic E-state index is 0.0758. The van der Waals surface area contributed by atoms with Gasteiger partial charge in [-0.25, -0.2) is 0 Å². The van der Waals surface area contributed by atoms with Crippen LogP contribution in [0.3, 0.4) is 0 Å². The molecule has 2 unspecified atom stereocenters. The maximum Gasteiger partial charge on any atom is 0.246 e. The van der Waals surface area contributed by atoms with E-state index >= 15 is 0 Å². The van der Waals surface area contributed by atoms with Crippen LogP contribution in [0.1, 0.15) is 47.5 Å². The third-order valence-corrected chi connectivity index (χ3v) is 2.87. The van der Waals surface area contributed by atoms with Crippen molar-refractivity contribution in [2.24, 2.45) is 5.92 Å². The Bertz CT molecular complexity index is 201. The molecule has 0 spiro atoms. The summed E-state index contributed by atoms with van der Waals surface area (Å²) in [6, 6.07) is 0.730. The van der Waals surface area contributed by atoms with Crippen LogP contribution < -0.4 is 0 Å². The molecule has 2 heteroatoms. The fourth-order valence-electron chi connectivity index (χ4n) is 2.46. The first-order valence-corrected chi connectivity index (χ1v) is 6.01. The Balaban J connectivity index is 0.000000921. The van der Waals surface area contributed by atoms with Gasteiger partial charge in [0.15, 0.2) is 0 Å². The summed E-state index contributed by atoms with van der Waals surface area (Å²) >= 11 is 0. The van der Waals surface area contributed by atoms with Gasteiger partial charge in [0.25, 0.3) is 0 Å². The van der Waals surface area contributed by atoms with E-state index in [1.54, 1.807) is 0 Å². The normalized spacial score (nSPS) is 30.2. The number of amides is 1. The summed E-state index contributed by atoms with van der Waals surface area (Å²) in [5, 5.41) is 0. The van der Waals surface area contributed by atoms with Gasteiger partial charge in [-0.15, -0.1) is 0 Å². The van der Waals surface area contributed by atoms with E-state index in [0.29, 0.717) is 12.1 Å². The first-order valence-electron chi connectivity index (χ1n) is 6.01. The fourth-order valence-corrected chi connectivity index (χ4v) is 2.46. The van der Waals surface area contributed by atoms with Gasteiger partial charge in [-0.1, -0.05) is 27.4 Å². The molecule has 1 aliphatic heterocycles. The first kappa shape index (κ1) is 14.2. The molecule has 1 fully saturated rings. The van der Waals surface area contributed by atoms with Crippen LogP contribution in [-0.2, 0) is 4.79 Å². The number of carbonyl (C=O) groups excluding carboxylic acids is 1. The van der Waals surface area contributed by atoms with E-state index in [4.69, 9.17) is 0 Å². The zero-order chi connectivity index (χ0) is 12.0. The molecule has 0 aromatic carbocycles. The second kappa shape index (κ2) is 6.65. The molecule has 0 saturated carbocycles. The van der Waals surface area contributed by atoms with Gasteiger partial charge in [-0.05, 0) is 38.7 Å². The summed E-state index contributed by atoms with van der Waals surface area (Å²) in [6.07, 6.45) is 3.65. The van der Waals surface area contributed by atoms with E-state index in [9.17, 15) is 4.79 Å². The van der Waals surface area contributed by atoms with Gasteiger partial charge < -0.3 is 4.90 Å². The van der Waals surface area contributed by atoms with Crippen molar-refractivity contribution in [2.75, 3.05) is 0 Å². The Kier molecular flexibility index (Phi) is 6.30. The van der Waals surface area contributed by atoms with Crippen LogP contribution in [0, 0.1) is 5.92 Å². The van der Waals surface area contributed by atoms with Crippen LogP contribution in [0.4, 0.5) is 0 Å². The van der Waals surface area contributed by atoms with Crippen molar-refractivity contribution in [3.63, 3.8) is 0 Å². The zero-order valence-electron chi connectivity index (χ0n) is 10.8. The van der Waals surface area contributed by atoms with Gasteiger partial charge >= 0.3 is 0 Å². The summed E-state index contributed by atoms with van der Waals surface area (Å²) in [5.74, 6) is 0.811. The van der Waals surface area contributed by atoms with Crippen molar-refractivity contribution in [2.45, 2.75) is 59.5 Å². The third-order valence-electron chi connectivity index (χ3n) is 2.87. The minimum Gasteiger partial charge on any atom is -0.334 e. The van der Waals surface area contributed by atoms with E-state index in [-0.39, 0.29) is 5.91 Å². The second-order valence-electron chi connectivity index (χ2n) is 4.22. The number of likely N-dealkylation sites (tertiary alicyclic amines) is 1. The molecule has 1 amide bonds. The van der Waals surface area contributed by atoms with Crippen LogP contribution in [0.5, 0.6) is 0 Å². The van der Waals surface area contributed by atoms with Crippen molar-refractivity contribution in [3.8, 4) is 0 Å². The van der Waals surface area contributed by atoms with Crippen LogP contribution >= 0.6 is 0 Å². The van der Waals surface area contributed by atoms with E-state index < -0.39 is 0 Å². The van der Waals surface area contributed by atoms with Crippen molar-refractivity contribution in [1.29, 1.82) is 0 Å². The van der Waals surface area contributed by atoms with E-state index in [1.165, 1.54) is 6.08 Å². The summed E-state index contributed by atoms with van der Waals surface area (Å²) < 4.78 is 0. The van der Waals surface area contributed by atoms with Crippen LogP contribution in [0.25, 0.3) is 0 Å². The lowest BCUT2D eigenvalue weighted by Gasteiger charge is -2.41. The molecule has 15 heavy (non-hydrogen) atoms. The molecule has 0 aromatic rings. The fraction of sp³-hybridized carbons (Fsp3) is 0.769. The van der Waals surface area contributed by atoms with E-state index in [2.05, 4.69) is 27.4 Å². The molecule has 2 nitrogen and oxygen atoms in total. The lowest BCUT2D eigenvalue weighted by molar-refractivity contribution is -0.132. The van der Waals surface area contributed by atoms with Crippen molar-refractivity contribution >= 4 is 5.91 Å². The standard InChI is InChI=1S/C11H19NO.C2H6/c1-5-11(13)12-9(3)6-8(2)7-10(12)4;1-2/h5,8-10H,1,6-7H2,2-4H3;1-2H3. The van der Waals surface area contributed by atoms with Crippen molar-refractivity contribution < 1.29 is 4.79 Å². The van der Waals surface area contributed by atoms with E-state index in [1.807, 2.05) is 18.7 Å². The minimum absolute atomic E-state index is 0.0758. The summed E-state index contributed by atoms with van der Waals surface area (Å²) in [5.41, 5.74) is 0. The molecule has 1 saturated heterocycles. The lowest BCUT2D eigenvalue weighted by atomic mass is 9.88. The van der Waals surface area contributed by atoms with Gasteiger partial charge in [0.1, 0.15) is 0 Å². The average molecular weight is 211 g/mol. The summed E-state index contributed by atoms with van der Waals surface area (Å²) in [7, 11) is 0. The predicted octanol–water partition coefficient (Wildman–Crippen LogP) is 3.23. The maximum absolute atomic E-state index is 11.5. The predicted molar refractivity (Wildman–Crippen MR) is 65.7 cm³/mol. The highest BCUT2D eigenvalue weighted by molar-refractivity contribution is 5.87. The monoisotopic (exact) mass is 211 g/mol. The molecule has 0 aromatic heterocycles. The molecule has 0 radical (unpaired) electrons. The number of piperidine rings is 1.